The van der Waals surface area contributed by atoms with Crippen LogP contribution in [0, 0.1) is 48.3 Å². The van der Waals surface area contributed by atoms with Crippen LogP contribution in [0.4, 0.5) is 0 Å². The van der Waals surface area contributed by atoms with Crippen LogP contribution in [0.25, 0.3) is 6.08 Å². The molecule has 0 bridgehead atoms. The summed E-state index contributed by atoms with van der Waals surface area (Å²) in [5.41, 5.74) is 4.57. The van der Waals surface area contributed by atoms with E-state index in [4.69, 9.17) is 0 Å². The summed E-state index contributed by atoms with van der Waals surface area (Å²) in [6, 6.07) is 0. The minimum Gasteiger partial charge on any atom is -0.393 e. The quantitative estimate of drug-likeness (QED) is 0.639. The van der Waals surface area contributed by atoms with Crippen molar-refractivity contribution in [3.05, 3.63) is 22.5 Å². The Kier molecular flexibility index (Phi) is 5.04. The molecular weight excluding hydrogens is 384 g/mol. The summed E-state index contributed by atoms with van der Waals surface area (Å²) in [5, 5.41) is 14.9. The molecule has 0 amide bonds. The topological polar surface area (TPSA) is 55.1 Å². The number of hydrogen-bond donors (Lipinski definition) is 1. The Labute approximate surface area is 187 Å². The van der Waals surface area contributed by atoms with Gasteiger partial charge < -0.3 is 5.11 Å². The predicted octanol–water partition coefficient (Wildman–Crippen LogP) is 5.49. The molecule has 0 spiro atoms. The summed E-state index contributed by atoms with van der Waals surface area (Å²) in [5.74, 6) is 2.93. The lowest BCUT2D eigenvalue weighted by atomic mass is 9.45. The van der Waals surface area contributed by atoms with Crippen molar-refractivity contribution in [3.8, 4) is 0 Å². The largest absolute Gasteiger partial charge is 0.393 e. The number of carbonyl (C=O) groups is 1. The number of carbonyl (C=O) groups excluding carboxylic acids is 1. The van der Waals surface area contributed by atoms with Gasteiger partial charge in [0.1, 0.15) is 0 Å². The smallest absolute Gasteiger partial charge is 0.165 e. The summed E-state index contributed by atoms with van der Waals surface area (Å²) in [6.45, 7) is 12.0. The summed E-state index contributed by atoms with van der Waals surface area (Å²) >= 11 is 0. The van der Waals surface area contributed by atoms with Gasteiger partial charge in [0.05, 0.1) is 11.8 Å². The van der Waals surface area contributed by atoms with Crippen LogP contribution in [0.1, 0.15) is 89.1 Å². The van der Waals surface area contributed by atoms with Crippen molar-refractivity contribution in [3.63, 3.8) is 0 Å². The molecule has 7 atom stereocenters. The molecule has 31 heavy (non-hydrogen) atoms. The lowest BCUT2D eigenvalue weighted by Gasteiger charge is -2.59. The fourth-order valence-corrected chi connectivity index (χ4v) is 8.44. The standard InChI is InChI=1S/C27H40N2O2/c1-6-29-17(3)22(16(2)28-29)13-18-14-24-21-8-7-19-15-20(30)9-11-26(19,4)23(21)10-12-27(24,5)25(18)31/h13,19-21,23-24,30H,6-12,14-15H2,1-5H3. The molecule has 4 nitrogen and oxygen atoms in total. The number of allylic oxidation sites excluding steroid dienone is 1. The molecule has 1 N–H and O–H groups in total. The van der Waals surface area contributed by atoms with Crippen molar-refractivity contribution >= 4 is 11.9 Å². The average molecular weight is 425 g/mol. The van der Waals surface area contributed by atoms with Gasteiger partial charge in [-0.2, -0.15) is 5.10 Å². The third-order valence-corrected chi connectivity index (χ3v) is 10.3. The van der Waals surface area contributed by atoms with Gasteiger partial charge in [-0.05, 0) is 113 Å². The Morgan fingerprint density at radius 1 is 1.13 bits per heavy atom. The number of aliphatic hydroxyl groups excluding tert-OH is 1. The second kappa shape index (κ2) is 7.30. The fraction of sp³-hybridized carbons (Fsp3) is 0.778. The van der Waals surface area contributed by atoms with E-state index in [9.17, 15) is 9.90 Å². The van der Waals surface area contributed by atoms with E-state index in [1.807, 2.05) is 4.68 Å². The lowest BCUT2D eigenvalue weighted by Crippen LogP contribution is -2.54. The minimum absolute atomic E-state index is 0.0957. The van der Waals surface area contributed by atoms with Gasteiger partial charge in [0, 0.05) is 23.2 Å². The number of ketones is 1. The molecule has 1 aromatic heterocycles. The van der Waals surface area contributed by atoms with Crippen LogP contribution in [0.3, 0.4) is 0 Å². The van der Waals surface area contributed by atoms with Crippen molar-refractivity contribution in [2.24, 2.45) is 34.5 Å². The van der Waals surface area contributed by atoms with Gasteiger partial charge in [0.2, 0.25) is 0 Å². The van der Waals surface area contributed by atoms with Gasteiger partial charge >= 0.3 is 0 Å². The summed E-state index contributed by atoms with van der Waals surface area (Å²) in [7, 11) is 0. The van der Waals surface area contributed by atoms with Crippen LogP contribution < -0.4 is 0 Å². The van der Waals surface area contributed by atoms with Gasteiger partial charge in [-0.25, -0.2) is 0 Å². The highest BCUT2D eigenvalue weighted by Gasteiger charge is 2.61. The summed E-state index contributed by atoms with van der Waals surface area (Å²) in [4.78, 5) is 13.7. The Balaban J connectivity index is 1.46. The molecule has 4 aliphatic carbocycles. The number of aliphatic hydroxyl groups is 1. The molecule has 0 saturated heterocycles. The Bertz CT molecular complexity index is 930. The third kappa shape index (κ3) is 3.03. The molecule has 1 aromatic rings. The van der Waals surface area contributed by atoms with Crippen molar-refractivity contribution in [2.45, 2.75) is 98.6 Å². The molecule has 4 heteroatoms. The van der Waals surface area contributed by atoms with Crippen molar-refractivity contribution in [1.82, 2.24) is 9.78 Å². The molecule has 4 aliphatic rings. The van der Waals surface area contributed by atoms with Crippen LogP contribution in [0.15, 0.2) is 5.57 Å². The first-order valence-electron chi connectivity index (χ1n) is 12.7. The molecule has 7 unspecified atom stereocenters. The number of rotatable bonds is 2. The number of aromatic nitrogens is 2. The maximum atomic E-state index is 13.7. The van der Waals surface area contributed by atoms with Crippen LogP contribution >= 0.6 is 0 Å². The molecule has 0 aromatic carbocycles. The number of nitrogens with zero attached hydrogens (tertiary/aromatic N) is 2. The zero-order valence-corrected chi connectivity index (χ0v) is 20.1. The molecule has 4 fully saturated rings. The van der Waals surface area contributed by atoms with Crippen LogP contribution in [-0.4, -0.2) is 26.8 Å². The number of fused-ring (bicyclic) bond motifs is 5. The molecule has 170 valence electrons. The van der Waals surface area contributed by atoms with Gasteiger partial charge in [-0.1, -0.05) is 13.8 Å². The molecule has 5 rings (SSSR count). The maximum Gasteiger partial charge on any atom is 0.165 e. The van der Waals surface area contributed by atoms with Crippen molar-refractivity contribution < 1.29 is 9.90 Å². The molecule has 0 radical (unpaired) electrons. The zero-order valence-electron chi connectivity index (χ0n) is 20.1. The number of aryl methyl sites for hydroxylation is 2. The van der Waals surface area contributed by atoms with E-state index in [2.05, 4.69) is 45.8 Å². The van der Waals surface area contributed by atoms with Gasteiger partial charge in [-0.15, -0.1) is 0 Å². The Morgan fingerprint density at radius 3 is 2.61 bits per heavy atom. The second-order valence-electron chi connectivity index (χ2n) is 11.6. The minimum atomic E-state index is -0.188. The SMILES string of the molecule is CCn1nc(C)c(C=C2CC3C4CCC5CC(O)CCC5(C)C4CCC3(C)C2=O)c1C. The first-order valence-corrected chi connectivity index (χ1v) is 12.7. The maximum absolute atomic E-state index is 13.7. The highest BCUT2D eigenvalue weighted by atomic mass is 16.3. The average Bonchev–Trinajstić information content (AvgIpc) is 3.16. The van der Waals surface area contributed by atoms with Crippen molar-refractivity contribution in [1.29, 1.82) is 0 Å². The summed E-state index contributed by atoms with van der Waals surface area (Å²) in [6.07, 6.45) is 10.8. The van der Waals surface area contributed by atoms with E-state index in [0.29, 0.717) is 29.0 Å². The Morgan fingerprint density at radius 2 is 1.90 bits per heavy atom. The normalized spacial score (nSPS) is 43.6. The Hall–Kier alpha value is -1.42. The van der Waals surface area contributed by atoms with E-state index in [1.54, 1.807) is 0 Å². The molecule has 1 heterocycles. The molecular formula is C27H40N2O2. The first-order chi connectivity index (χ1) is 14.7. The molecule has 4 saturated carbocycles. The molecule has 0 aliphatic heterocycles. The van der Waals surface area contributed by atoms with Crippen molar-refractivity contribution in [2.75, 3.05) is 0 Å². The predicted molar refractivity (Wildman–Crippen MR) is 123 cm³/mol. The van der Waals surface area contributed by atoms with Crippen LogP contribution in [-0.2, 0) is 11.3 Å². The van der Waals surface area contributed by atoms with Gasteiger partial charge in [0.15, 0.2) is 5.78 Å². The van der Waals surface area contributed by atoms with E-state index >= 15 is 0 Å². The van der Waals surface area contributed by atoms with Gasteiger partial charge in [-0.3, -0.25) is 9.48 Å². The van der Waals surface area contributed by atoms with Gasteiger partial charge in [0.25, 0.3) is 0 Å². The first kappa shape index (κ1) is 21.4. The third-order valence-electron chi connectivity index (χ3n) is 10.3. The van der Waals surface area contributed by atoms with Crippen LogP contribution in [0.2, 0.25) is 0 Å². The number of Topliss-reactive ketones (excluding diaryl/α,β-unsaturated/α-hetero) is 1. The van der Waals surface area contributed by atoms with E-state index in [1.165, 1.54) is 25.0 Å². The highest BCUT2D eigenvalue weighted by Crippen LogP contribution is 2.66. The second-order valence-corrected chi connectivity index (χ2v) is 11.6. The van der Waals surface area contributed by atoms with Crippen LogP contribution in [0.5, 0.6) is 0 Å². The van der Waals surface area contributed by atoms with E-state index in [-0.39, 0.29) is 11.5 Å². The lowest BCUT2D eigenvalue weighted by molar-refractivity contribution is -0.141. The fourth-order valence-electron chi connectivity index (χ4n) is 8.44. The zero-order chi connectivity index (χ0) is 22.1. The number of hydrogen-bond acceptors (Lipinski definition) is 3. The van der Waals surface area contributed by atoms with E-state index in [0.717, 1.165) is 61.4 Å². The summed E-state index contributed by atoms with van der Waals surface area (Å²) < 4.78 is 2.05. The monoisotopic (exact) mass is 424 g/mol. The van der Waals surface area contributed by atoms with E-state index < -0.39 is 0 Å². The highest BCUT2D eigenvalue weighted by molar-refractivity contribution is 6.06.